The second kappa shape index (κ2) is 6.84. The van der Waals surface area contributed by atoms with Gasteiger partial charge in [0.25, 0.3) is 0 Å². The molecule has 3 aromatic rings. The summed E-state index contributed by atoms with van der Waals surface area (Å²) >= 11 is 0. The molecule has 2 fully saturated rings. The van der Waals surface area contributed by atoms with Gasteiger partial charge in [-0.1, -0.05) is 6.07 Å². The van der Waals surface area contributed by atoms with Gasteiger partial charge in [0, 0.05) is 17.3 Å². The number of fused-ring (bicyclic) bond motifs is 1. The van der Waals surface area contributed by atoms with Gasteiger partial charge in [0.15, 0.2) is 17.5 Å². The Morgan fingerprint density at radius 2 is 2.03 bits per heavy atom. The molecule has 0 bridgehead atoms. The molecule has 5 rings (SSSR count). The first-order chi connectivity index (χ1) is 14.1. The summed E-state index contributed by atoms with van der Waals surface area (Å²) in [4.78, 5) is 27.2. The lowest BCUT2D eigenvalue weighted by molar-refractivity contribution is -0.117. The molecule has 1 saturated heterocycles. The van der Waals surface area contributed by atoms with Gasteiger partial charge in [0.2, 0.25) is 5.91 Å². The zero-order valence-corrected chi connectivity index (χ0v) is 15.7. The normalized spacial score (nSPS) is 22.3. The summed E-state index contributed by atoms with van der Waals surface area (Å²) in [6.07, 6.45) is 7.13. The molecule has 2 aromatic heterocycles. The van der Waals surface area contributed by atoms with Crippen LogP contribution < -0.4 is 10.2 Å². The number of benzene rings is 1. The Bertz CT molecular complexity index is 1060. The highest BCUT2D eigenvalue weighted by Crippen LogP contribution is 2.49. The number of nitrogens with one attached hydrogen (secondary N) is 1. The van der Waals surface area contributed by atoms with Gasteiger partial charge < -0.3 is 10.2 Å². The van der Waals surface area contributed by atoms with Gasteiger partial charge in [0.1, 0.15) is 12.4 Å². The van der Waals surface area contributed by atoms with Crippen molar-refractivity contribution in [3.05, 3.63) is 54.5 Å². The summed E-state index contributed by atoms with van der Waals surface area (Å²) in [6.45, 7) is 1.92. The van der Waals surface area contributed by atoms with Gasteiger partial charge >= 0.3 is 0 Å². The van der Waals surface area contributed by atoms with Crippen molar-refractivity contribution in [3.63, 3.8) is 0 Å². The van der Waals surface area contributed by atoms with Crippen LogP contribution in [0.15, 0.2) is 43.1 Å². The molecule has 1 saturated carbocycles. The Morgan fingerprint density at radius 3 is 2.79 bits per heavy atom. The number of carbonyl (C=O) groups is 1. The third-order valence-corrected chi connectivity index (χ3v) is 5.51. The molecule has 1 N–H and O–H groups in total. The topological polar surface area (TPSA) is 96.8 Å². The zero-order valence-electron chi connectivity index (χ0n) is 15.7. The number of amides is 1. The Balaban J connectivity index is 1.38. The predicted molar refractivity (Wildman–Crippen MR) is 103 cm³/mol. The Hall–Kier alpha value is -3.49. The fourth-order valence-corrected chi connectivity index (χ4v) is 4.00. The summed E-state index contributed by atoms with van der Waals surface area (Å²) in [5.41, 5.74) is 2.32. The minimum atomic E-state index is -0.491. The van der Waals surface area contributed by atoms with Crippen molar-refractivity contribution in [2.75, 3.05) is 10.2 Å². The van der Waals surface area contributed by atoms with E-state index in [-0.39, 0.29) is 11.9 Å². The van der Waals surface area contributed by atoms with Crippen LogP contribution in [0.2, 0.25) is 0 Å². The summed E-state index contributed by atoms with van der Waals surface area (Å²) < 4.78 is 13.1. The van der Waals surface area contributed by atoms with Crippen LogP contribution in [0.5, 0.6) is 0 Å². The standard InChI is InChI=1S/C20H18FN7O/c1-11-2-3-14(6-15(11)19-23-7-13(21)8-24-19)26-20(29)17-5-12-4-16(12)28(17)18-9-22-10-25-27-18/h2-3,6-10,12,16-17H,4-5H2,1H3,(H,26,29)/t12-,16-,17-/m1/s1. The molecular weight excluding hydrogens is 373 g/mol. The molecule has 0 radical (unpaired) electrons. The predicted octanol–water partition coefficient (Wildman–Crippen LogP) is 2.38. The number of hydrogen-bond donors (Lipinski definition) is 1. The molecule has 0 spiro atoms. The fourth-order valence-electron chi connectivity index (χ4n) is 4.00. The molecule has 2 aliphatic rings. The summed E-state index contributed by atoms with van der Waals surface area (Å²) in [5.74, 6) is 0.956. The van der Waals surface area contributed by atoms with Crippen LogP contribution in [0.25, 0.3) is 11.4 Å². The average Bonchev–Trinajstić information content (AvgIpc) is 3.40. The smallest absolute Gasteiger partial charge is 0.247 e. The number of rotatable bonds is 4. The van der Waals surface area contributed by atoms with E-state index in [0.29, 0.717) is 29.3 Å². The van der Waals surface area contributed by atoms with E-state index in [1.807, 2.05) is 30.0 Å². The maximum atomic E-state index is 13.1. The molecule has 1 aromatic carbocycles. The zero-order chi connectivity index (χ0) is 20.0. The number of nitrogens with zero attached hydrogens (tertiary/aromatic N) is 6. The third-order valence-electron chi connectivity index (χ3n) is 5.51. The van der Waals surface area contributed by atoms with Crippen molar-refractivity contribution in [2.24, 2.45) is 5.92 Å². The lowest BCUT2D eigenvalue weighted by atomic mass is 10.1. The maximum absolute atomic E-state index is 13.1. The number of hydrogen-bond acceptors (Lipinski definition) is 7. The molecule has 29 heavy (non-hydrogen) atoms. The lowest BCUT2D eigenvalue weighted by Crippen LogP contribution is -2.42. The summed E-state index contributed by atoms with van der Waals surface area (Å²) in [5, 5.41) is 11.0. The van der Waals surface area contributed by atoms with E-state index in [2.05, 4.69) is 30.5 Å². The van der Waals surface area contributed by atoms with E-state index in [0.717, 1.165) is 36.4 Å². The van der Waals surface area contributed by atoms with Crippen molar-refractivity contribution >= 4 is 17.4 Å². The van der Waals surface area contributed by atoms with Crippen LogP contribution in [0.3, 0.4) is 0 Å². The van der Waals surface area contributed by atoms with E-state index in [9.17, 15) is 9.18 Å². The Kier molecular flexibility index (Phi) is 4.15. The van der Waals surface area contributed by atoms with E-state index in [1.165, 1.54) is 6.33 Å². The third kappa shape index (κ3) is 3.28. The van der Waals surface area contributed by atoms with Gasteiger partial charge in [-0.25, -0.2) is 19.3 Å². The van der Waals surface area contributed by atoms with Crippen molar-refractivity contribution in [1.29, 1.82) is 0 Å². The first-order valence-electron chi connectivity index (χ1n) is 9.40. The molecule has 8 nitrogen and oxygen atoms in total. The quantitative estimate of drug-likeness (QED) is 0.729. The molecule has 1 aliphatic heterocycles. The molecule has 3 heterocycles. The van der Waals surface area contributed by atoms with E-state index in [1.54, 1.807) is 6.20 Å². The number of piperidine rings is 1. The number of anilines is 2. The van der Waals surface area contributed by atoms with E-state index >= 15 is 0 Å². The molecule has 0 unspecified atom stereocenters. The van der Waals surface area contributed by atoms with E-state index < -0.39 is 5.82 Å². The highest BCUT2D eigenvalue weighted by Gasteiger charge is 2.54. The van der Waals surface area contributed by atoms with Crippen molar-refractivity contribution in [3.8, 4) is 11.4 Å². The number of halogens is 1. The van der Waals surface area contributed by atoms with Crippen LogP contribution in [0.4, 0.5) is 15.9 Å². The summed E-state index contributed by atoms with van der Waals surface area (Å²) in [6, 6.07) is 5.54. The number of aryl methyl sites for hydroxylation is 1. The monoisotopic (exact) mass is 391 g/mol. The molecule has 1 amide bonds. The highest BCUT2D eigenvalue weighted by atomic mass is 19.1. The second-order valence-electron chi connectivity index (χ2n) is 7.43. The molecule has 146 valence electrons. The van der Waals surface area contributed by atoms with Gasteiger partial charge in [-0.2, -0.15) is 0 Å². The SMILES string of the molecule is Cc1ccc(NC(=O)[C@H]2C[C@H]3C[C@H]3N2c2cncnn2)cc1-c1ncc(F)cn1. The van der Waals surface area contributed by atoms with Crippen LogP contribution in [0.1, 0.15) is 18.4 Å². The minimum Gasteiger partial charge on any atom is -0.339 e. The van der Waals surface area contributed by atoms with Crippen molar-refractivity contribution in [1.82, 2.24) is 25.1 Å². The molecule has 3 atom stereocenters. The van der Waals surface area contributed by atoms with Gasteiger partial charge in [-0.15, -0.1) is 10.2 Å². The molecular formula is C20H18FN7O. The first kappa shape index (κ1) is 17.6. The van der Waals surface area contributed by atoms with Crippen LogP contribution >= 0.6 is 0 Å². The van der Waals surface area contributed by atoms with Gasteiger partial charge in [-0.05, 0) is 43.4 Å². The largest absolute Gasteiger partial charge is 0.339 e. The number of aromatic nitrogens is 5. The van der Waals surface area contributed by atoms with Crippen molar-refractivity contribution < 1.29 is 9.18 Å². The van der Waals surface area contributed by atoms with E-state index in [4.69, 9.17) is 0 Å². The Morgan fingerprint density at radius 1 is 1.21 bits per heavy atom. The fraction of sp³-hybridized carbons (Fsp3) is 0.300. The van der Waals surface area contributed by atoms with Crippen LogP contribution in [-0.2, 0) is 4.79 Å². The average molecular weight is 391 g/mol. The van der Waals surface area contributed by atoms with Crippen molar-refractivity contribution in [2.45, 2.75) is 31.8 Å². The van der Waals surface area contributed by atoms with Crippen LogP contribution in [-0.4, -0.2) is 43.1 Å². The first-order valence-corrected chi connectivity index (χ1v) is 9.40. The number of carbonyl (C=O) groups excluding carboxylic acids is 1. The maximum Gasteiger partial charge on any atom is 0.247 e. The Labute approximate surface area is 166 Å². The second-order valence-corrected chi connectivity index (χ2v) is 7.43. The molecule has 9 heteroatoms. The van der Waals surface area contributed by atoms with Gasteiger partial charge in [0.05, 0.1) is 18.6 Å². The highest BCUT2D eigenvalue weighted by molar-refractivity contribution is 5.98. The van der Waals surface area contributed by atoms with Gasteiger partial charge in [-0.3, -0.25) is 4.79 Å². The lowest BCUT2D eigenvalue weighted by Gasteiger charge is -2.27. The molecule has 1 aliphatic carbocycles. The van der Waals surface area contributed by atoms with Crippen LogP contribution in [0, 0.1) is 18.7 Å². The summed E-state index contributed by atoms with van der Waals surface area (Å²) in [7, 11) is 0. The minimum absolute atomic E-state index is 0.0994.